The van der Waals surface area contributed by atoms with Gasteiger partial charge in [0, 0.05) is 79.2 Å². The van der Waals surface area contributed by atoms with Crippen LogP contribution >= 0.6 is 0 Å². The second-order valence-electron chi connectivity index (χ2n) is 11.7. The van der Waals surface area contributed by atoms with Crippen LogP contribution in [0.25, 0.3) is 99.2 Å². The SMILES string of the molecule is c1cnc2c(c1)cc(-c1cnc(-c3ccc(-c4nc5ccccc5c5c4ccc4c6ccccc6oc45)cc3)nc1)c1cccnc12. The van der Waals surface area contributed by atoms with Crippen molar-refractivity contribution in [2.24, 2.45) is 0 Å². The van der Waals surface area contributed by atoms with E-state index in [2.05, 4.69) is 94.9 Å². The lowest BCUT2D eigenvalue weighted by molar-refractivity contribution is 0.673. The summed E-state index contributed by atoms with van der Waals surface area (Å²) < 4.78 is 6.48. The highest BCUT2D eigenvalue weighted by atomic mass is 16.3. The van der Waals surface area contributed by atoms with E-state index in [0.717, 1.165) is 93.4 Å². The van der Waals surface area contributed by atoms with Crippen LogP contribution in [-0.4, -0.2) is 24.9 Å². The lowest BCUT2D eigenvalue weighted by atomic mass is 9.97. The lowest BCUT2D eigenvalue weighted by Crippen LogP contribution is -1.93. The molecule has 47 heavy (non-hydrogen) atoms. The number of hydrogen-bond donors (Lipinski definition) is 0. The Bertz CT molecular complexity index is 2840. The molecule has 0 amide bonds. The van der Waals surface area contributed by atoms with Crippen molar-refractivity contribution in [3.63, 3.8) is 0 Å². The number of pyridine rings is 3. The van der Waals surface area contributed by atoms with E-state index in [1.165, 1.54) is 0 Å². The molecular weight excluding hydrogens is 578 g/mol. The molecule has 0 aliphatic heterocycles. The molecule has 5 heterocycles. The van der Waals surface area contributed by atoms with Crippen LogP contribution in [0.2, 0.25) is 0 Å². The molecule has 0 aliphatic rings. The summed E-state index contributed by atoms with van der Waals surface area (Å²) in [7, 11) is 0. The molecule has 6 heteroatoms. The van der Waals surface area contributed by atoms with Gasteiger partial charge >= 0.3 is 0 Å². The zero-order valence-electron chi connectivity index (χ0n) is 24.9. The molecule has 0 saturated heterocycles. The molecule has 0 radical (unpaired) electrons. The normalized spacial score (nSPS) is 11.8. The zero-order chi connectivity index (χ0) is 30.9. The van der Waals surface area contributed by atoms with Gasteiger partial charge in [0.15, 0.2) is 5.82 Å². The second kappa shape index (κ2) is 9.99. The summed E-state index contributed by atoms with van der Waals surface area (Å²) in [5.74, 6) is 0.658. The predicted octanol–water partition coefficient (Wildman–Crippen LogP) is 10.2. The number of aromatic nitrogens is 5. The zero-order valence-corrected chi connectivity index (χ0v) is 24.9. The highest BCUT2D eigenvalue weighted by Crippen LogP contribution is 2.41. The summed E-state index contributed by atoms with van der Waals surface area (Å²) in [6, 6.07) is 39.3. The largest absolute Gasteiger partial charge is 0.455 e. The van der Waals surface area contributed by atoms with Crippen molar-refractivity contribution in [3.05, 3.63) is 140 Å². The smallest absolute Gasteiger partial charge is 0.159 e. The van der Waals surface area contributed by atoms with Crippen molar-refractivity contribution >= 4 is 65.4 Å². The lowest BCUT2D eigenvalue weighted by Gasteiger charge is -2.11. The van der Waals surface area contributed by atoms with E-state index in [9.17, 15) is 0 Å². The molecule has 0 aliphatic carbocycles. The maximum Gasteiger partial charge on any atom is 0.159 e. The maximum atomic E-state index is 6.48. The fraction of sp³-hybridized carbons (Fsp3) is 0. The van der Waals surface area contributed by atoms with Gasteiger partial charge in [0.25, 0.3) is 0 Å². The molecule has 0 fully saturated rings. The first-order valence-corrected chi connectivity index (χ1v) is 15.5. The van der Waals surface area contributed by atoms with Gasteiger partial charge in [0.1, 0.15) is 11.2 Å². The fourth-order valence-electron chi connectivity index (χ4n) is 6.85. The first kappa shape index (κ1) is 25.8. The van der Waals surface area contributed by atoms with E-state index in [4.69, 9.17) is 19.4 Å². The third-order valence-corrected chi connectivity index (χ3v) is 9.05. The van der Waals surface area contributed by atoms with Crippen LogP contribution in [0.4, 0.5) is 0 Å². The molecule has 6 nitrogen and oxygen atoms in total. The van der Waals surface area contributed by atoms with Gasteiger partial charge in [-0.2, -0.15) is 0 Å². The molecule has 5 aromatic heterocycles. The Labute approximate surface area is 268 Å². The molecule has 0 bridgehead atoms. The van der Waals surface area contributed by atoms with Gasteiger partial charge in [-0.1, -0.05) is 78.9 Å². The van der Waals surface area contributed by atoms with E-state index in [1.54, 1.807) is 12.4 Å². The van der Waals surface area contributed by atoms with Crippen LogP contribution in [0.1, 0.15) is 0 Å². The summed E-state index contributed by atoms with van der Waals surface area (Å²) in [5.41, 5.74) is 9.28. The first-order chi connectivity index (χ1) is 23.3. The third-order valence-electron chi connectivity index (χ3n) is 9.05. The van der Waals surface area contributed by atoms with Crippen LogP contribution in [0, 0.1) is 0 Å². The van der Waals surface area contributed by atoms with Crippen molar-refractivity contribution in [1.29, 1.82) is 0 Å². The molecule has 0 saturated carbocycles. The molecule has 0 unspecified atom stereocenters. The predicted molar refractivity (Wildman–Crippen MR) is 189 cm³/mol. The maximum absolute atomic E-state index is 6.48. The standard InChI is InChI=1S/C41H23N5O/c1-3-11-34-31(9-1)36-32(18-17-30-28-8-2-4-12-35(28)47-40(30)36)37(46-34)24-13-15-25(16-14-24)41-44-22-27(23-45-41)33-21-26-7-5-19-42-38(26)39-29(33)10-6-20-43-39/h1-23H. The topological polar surface area (TPSA) is 77.6 Å². The Morgan fingerprint density at radius 2 is 1.19 bits per heavy atom. The first-order valence-electron chi connectivity index (χ1n) is 15.5. The Morgan fingerprint density at radius 3 is 2.06 bits per heavy atom. The molecule has 218 valence electrons. The minimum absolute atomic E-state index is 0.658. The van der Waals surface area contributed by atoms with Gasteiger partial charge in [-0.15, -0.1) is 0 Å². The number of hydrogen-bond acceptors (Lipinski definition) is 6. The second-order valence-corrected chi connectivity index (χ2v) is 11.7. The Hall–Kier alpha value is -6.53. The van der Waals surface area contributed by atoms with Gasteiger partial charge in [0.05, 0.1) is 22.2 Å². The summed E-state index contributed by atoms with van der Waals surface area (Å²) >= 11 is 0. The van der Waals surface area contributed by atoms with Gasteiger partial charge < -0.3 is 4.42 Å². The number of fused-ring (bicyclic) bond motifs is 10. The minimum Gasteiger partial charge on any atom is -0.455 e. The summed E-state index contributed by atoms with van der Waals surface area (Å²) in [4.78, 5) is 23.9. The van der Waals surface area contributed by atoms with Crippen LogP contribution in [0.15, 0.2) is 144 Å². The molecule has 5 aromatic carbocycles. The van der Waals surface area contributed by atoms with E-state index < -0.39 is 0 Å². The average Bonchev–Trinajstić information content (AvgIpc) is 3.53. The monoisotopic (exact) mass is 601 g/mol. The highest BCUT2D eigenvalue weighted by Gasteiger charge is 2.17. The number of benzene rings is 5. The highest BCUT2D eigenvalue weighted by molar-refractivity contribution is 6.24. The minimum atomic E-state index is 0.658. The Kier molecular flexibility index (Phi) is 5.48. The van der Waals surface area contributed by atoms with Crippen molar-refractivity contribution in [2.75, 3.05) is 0 Å². The quantitative estimate of drug-likeness (QED) is 0.188. The van der Waals surface area contributed by atoms with Crippen LogP contribution in [0.5, 0.6) is 0 Å². The van der Waals surface area contributed by atoms with E-state index in [1.807, 2.05) is 42.7 Å². The van der Waals surface area contributed by atoms with Crippen molar-refractivity contribution in [1.82, 2.24) is 24.9 Å². The van der Waals surface area contributed by atoms with Gasteiger partial charge in [-0.25, -0.2) is 15.0 Å². The van der Waals surface area contributed by atoms with Crippen molar-refractivity contribution < 1.29 is 4.42 Å². The average molecular weight is 602 g/mol. The van der Waals surface area contributed by atoms with Gasteiger partial charge in [-0.05, 0) is 42.0 Å². The fourth-order valence-corrected chi connectivity index (χ4v) is 6.85. The van der Waals surface area contributed by atoms with Crippen molar-refractivity contribution in [3.8, 4) is 33.8 Å². The molecule has 0 N–H and O–H groups in total. The van der Waals surface area contributed by atoms with Crippen LogP contribution < -0.4 is 0 Å². The van der Waals surface area contributed by atoms with Crippen LogP contribution in [-0.2, 0) is 0 Å². The van der Waals surface area contributed by atoms with Crippen molar-refractivity contribution in [2.45, 2.75) is 0 Å². The molecule has 0 atom stereocenters. The molecule has 10 aromatic rings. The summed E-state index contributed by atoms with van der Waals surface area (Å²) in [6.45, 7) is 0. The third kappa shape index (κ3) is 3.95. The number of para-hydroxylation sites is 2. The summed E-state index contributed by atoms with van der Waals surface area (Å²) in [5, 5.41) is 7.48. The molecule has 0 spiro atoms. The molecular formula is C41H23N5O. The number of rotatable bonds is 3. The summed E-state index contributed by atoms with van der Waals surface area (Å²) in [6.07, 6.45) is 7.38. The number of nitrogens with zero attached hydrogens (tertiary/aromatic N) is 5. The van der Waals surface area contributed by atoms with E-state index in [0.29, 0.717) is 5.82 Å². The van der Waals surface area contributed by atoms with Crippen LogP contribution in [0.3, 0.4) is 0 Å². The molecule has 10 rings (SSSR count). The Morgan fingerprint density at radius 1 is 0.489 bits per heavy atom. The Balaban J connectivity index is 1.07. The van der Waals surface area contributed by atoms with E-state index >= 15 is 0 Å². The van der Waals surface area contributed by atoms with Gasteiger partial charge in [0.2, 0.25) is 0 Å². The van der Waals surface area contributed by atoms with E-state index in [-0.39, 0.29) is 0 Å². The number of furan rings is 1. The van der Waals surface area contributed by atoms with Gasteiger partial charge in [-0.3, -0.25) is 9.97 Å².